The first-order valence-corrected chi connectivity index (χ1v) is 9.04. The second-order valence-electron chi connectivity index (χ2n) is 5.62. The lowest BCUT2D eigenvalue weighted by Crippen LogP contribution is -2.28. The highest BCUT2D eigenvalue weighted by molar-refractivity contribution is 7.09. The summed E-state index contributed by atoms with van der Waals surface area (Å²) in [6.07, 6.45) is 6.71. The summed E-state index contributed by atoms with van der Waals surface area (Å²) in [7, 11) is 0. The van der Waals surface area contributed by atoms with Gasteiger partial charge in [0.15, 0.2) is 0 Å². The van der Waals surface area contributed by atoms with Crippen molar-refractivity contribution in [2.45, 2.75) is 25.8 Å². The molecule has 0 fully saturated rings. The van der Waals surface area contributed by atoms with E-state index in [1.54, 1.807) is 6.20 Å². The average molecular weight is 333 g/mol. The molecule has 2 bridgehead atoms. The predicted molar refractivity (Wildman–Crippen MR) is 90.9 cm³/mol. The van der Waals surface area contributed by atoms with Crippen LogP contribution in [-0.4, -0.2) is 47.8 Å². The van der Waals surface area contributed by atoms with E-state index >= 15 is 0 Å². The maximum absolute atomic E-state index is 5.69. The third-order valence-corrected chi connectivity index (χ3v) is 4.67. The van der Waals surface area contributed by atoms with Crippen molar-refractivity contribution in [1.29, 1.82) is 0 Å². The van der Waals surface area contributed by atoms with Gasteiger partial charge in [-0.2, -0.15) is 0 Å². The van der Waals surface area contributed by atoms with E-state index in [2.05, 4.69) is 32.4 Å². The first kappa shape index (κ1) is 16.4. The fraction of sp³-hybridized carbons (Fsp3) is 0.529. The Hall–Kier alpha value is -1.50. The molecule has 5 nitrogen and oxygen atoms in total. The van der Waals surface area contributed by atoms with Gasteiger partial charge in [-0.1, -0.05) is 6.07 Å². The molecule has 3 heterocycles. The fourth-order valence-electron chi connectivity index (χ4n) is 2.61. The number of aromatic nitrogens is 2. The van der Waals surface area contributed by atoms with Crippen LogP contribution in [0.2, 0.25) is 0 Å². The molecule has 0 radical (unpaired) electrons. The van der Waals surface area contributed by atoms with E-state index < -0.39 is 0 Å². The van der Waals surface area contributed by atoms with Gasteiger partial charge in [-0.05, 0) is 37.3 Å². The molecule has 0 saturated carbocycles. The Bertz CT molecular complexity index is 577. The number of fused-ring (bicyclic) bond motifs is 2. The van der Waals surface area contributed by atoms with Gasteiger partial charge < -0.3 is 9.47 Å². The van der Waals surface area contributed by atoms with Crippen LogP contribution in [0.1, 0.15) is 23.4 Å². The van der Waals surface area contributed by atoms with Crippen LogP contribution >= 0.6 is 11.3 Å². The second-order valence-corrected chi connectivity index (χ2v) is 6.65. The van der Waals surface area contributed by atoms with E-state index in [9.17, 15) is 0 Å². The van der Waals surface area contributed by atoms with Crippen LogP contribution in [0.3, 0.4) is 0 Å². The summed E-state index contributed by atoms with van der Waals surface area (Å²) >= 11 is 1.82. The first-order valence-electron chi connectivity index (χ1n) is 8.16. The molecule has 6 heteroatoms. The van der Waals surface area contributed by atoms with Gasteiger partial charge in [0.2, 0.25) is 5.88 Å². The van der Waals surface area contributed by atoms with Crippen LogP contribution in [0.5, 0.6) is 5.88 Å². The quantitative estimate of drug-likeness (QED) is 0.846. The summed E-state index contributed by atoms with van der Waals surface area (Å²) < 4.78 is 11.3. The third-order valence-electron chi connectivity index (χ3n) is 3.81. The van der Waals surface area contributed by atoms with Crippen LogP contribution < -0.4 is 4.74 Å². The maximum Gasteiger partial charge on any atom is 0.232 e. The Morgan fingerprint density at radius 2 is 2.13 bits per heavy atom. The Morgan fingerprint density at radius 1 is 1.13 bits per heavy atom. The standard InChI is InChI=1S/C17H23N3O2S/c1-2-6-20(14-16-5-3-11-23-16)7-8-21-9-10-22-17-13-18-12-15(4-1)19-17/h3,5,11-13H,1-2,4,6-10,14H2. The van der Waals surface area contributed by atoms with Gasteiger partial charge in [0.25, 0.3) is 0 Å². The smallest absolute Gasteiger partial charge is 0.232 e. The van der Waals surface area contributed by atoms with Crippen LogP contribution in [0.4, 0.5) is 0 Å². The van der Waals surface area contributed by atoms with E-state index in [0.29, 0.717) is 19.1 Å². The molecule has 0 amide bonds. The molecular formula is C17H23N3O2S. The number of rotatable bonds is 2. The van der Waals surface area contributed by atoms with Crippen molar-refractivity contribution in [2.24, 2.45) is 0 Å². The molecule has 0 unspecified atom stereocenters. The molecule has 0 aliphatic carbocycles. The lowest BCUT2D eigenvalue weighted by molar-refractivity contribution is 0.0760. The largest absolute Gasteiger partial charge is 0.474 e. The zero-order valence-corrected chi connectivity index (χ0v) is 14.1. The number of thiophene rings is 1. The zero-order chi connectivity index (χ0) is 15.7. The Balaban J connectivity index is 1.57. The van der Waals surface area contributed by atoms with Crippen molar-refractivity contribution < 1.29 is 9.47 Å². The lowest BCUT2D eigenvalue weighted by Gasteiger charge is -2.22. The molecule has 3 rings (SSSR count). The summed E-state index contributed by atoms with van der Waals surface area (Å²) in [5, 5.41) is 2.14. The lowest BCUT2D eigenvalue weighted by atomic mass is 10.2. The molecule has 0 aromatic carbocycles. The van der Waals surface area contributed by atoms with Gasteiger partial charge in [-0.15, -0.1) is 11.3 Å². The van der Waals surface area contributed by atoms with Crippen molar-refractivity contribution in [2.75, 3.05) is 32.9 Å². The molecule has 2 aromatic rings. The van der Waals surface area contributed by atoms with Gasteiger partial charge in [0.05, 0.1) is 25.1 Å². The minimum Gasteiger partial charge on any atom is -0.474 e. The highest BCUT2D eigenvalue weighted by Crippen LogP contribution is 2.13. The highest BCUT2D eigenvalue weighted by Gasteiger charge is 2.08. The van der Waals surface area contributed by atoms with E-state index in [4.69, 9.17) is 9.47 Å². The number of hydrogen-bond acceptors (Lipinski definition) is 6. The summed E-state index contributed by atoms with van der Waals surface area (Å²) in [6.45, 7) is 4.89. The molecule has 0 saturated heterocycles. The van der Waals surface area contributed by atoms with Gasteiger partial charge >= 0.3 is 0 Å². The van der Waals surface area contributed by atoms with E-state index in [1.807, 2.05) is 17.5 Å². The topological polar surface area (TPSA) is 47.5 Å². The zero-order valence-electron chi connectivity index (χ0n) is 13.3. The Labute approximate surface area is 141 Å². The molecule has 23 heavy (non-hydrogen) atoms. The molecule has 1 aliphatic heterocycles. The Morgan fingerprint density at radius 3 is 3.04 bits per heavy atom. The second kappa shape index (κ2) is 8.96. The van der Waals surface area contributed by atoms with E-state index in [-0.39, 0.29) is 0 Å². The summed E-state index contributed by atoms with van der Waals surface area (Å²) in [5.74, 6) is 0.600. The van der Waals surface area contributed by atoms with Crippen molar-refractivity contribution in [1.82, 2.24) is 14.9 Å². The van der Waals surface area contributed by atoms with E-state index in [0.717, 1.165) is 51.2 Å². The number of hydrogen-bond donors (Lipinski definition) is 0. The highest BCUT2D eigenvalue weighted by atomic mass is 32.1. The summed E-state index contributed by atoms with van der Waals surface area (Å²) in [5.41, 5.74) is 1.00. The van der Waals surface area contributed by atoms with Gasteiger partial charge in [-0.25, -0.2) is 4.98 Å². The van der Waals surface area contributed by atoms with Gasteiger partial charge in [-0.3, -0.25) is 9.88 Å². The molecular weight excluding hydrogens is 310 g/mol. The molecule has 1 aliphatic rings. The van der Waals surface area contributed by atoms with Crippen molar-refractivity contribution in [3.05, 3.63) is 40.5 Å². The monoisotopic (exact) mass is 333 g/mol. The molecule has 0 spiro atoms. The number of ether oxygens (including phenoxy) is 2. The van der Waals surface area contributed by atoms with Crippen LogP contribution in [0.25, 0.3) is 0 Å². The summed E-state index contributed by atoms with van der Waals surface area (Å²) in [4.78, 5) is 12.6. The van der Waals surface area contributed by atoms with Crippen LogP contribution in [-0.2, 0) is 17.7 Å². The average Bonchev–Trinajstić information content (AvgIpc) is 3.07. The van der Waals surface area contributed by atoms with Crippen molar-refractivity contribution in [3.63, 3.8) is 0 Å². The van der Waals surface area contributed by atoms with Crippen LogP contribution in [0.15, 0.2) is 29.9 Å². The molecule has 0 N–H and O–H groups in total. The normalized spacial score (nSPS) is 18.1. The van der Waals surface area contributed by atoms with Crippen molar-refractivity contribution >= 4 is 11.3 Å². The fourth-order valence-corrected chi connectivity index (χ4v) is 3.36. The van der Waals surface area contributed by atoms with Gasteiger partial charge in [0, 0.05) is 24.2 Å². The molecule has 2 aromatic heterocycles. The van der Waals surface area contributed by atoms with E-state index in [1.165, 1.54) is 4.88 Å². The molecule has 0 atom stereocenters. The van der Waals surface area contributed by atoms with Crippen LogP contribution in [0, 0.1) is 0 Å². The third kappa shape index (κ3) is 5.57. The number of nitrogens with zero attached hydrogens (tertiary/aromatic N) is 3. The summed E-state index contributed by atoms with van der Waals surface area (Å²) in [6, 6.07) is 4.31. The minimum absolute atomic E-state index is 0.517. The maximum atomic E-state index is 5.69. The number of aryl methyl sites for hydroxylation is 1. The SMILES string of the molecule is c1csc(CN2CCCCc3cncc(n3)OCCOCC2)c1. The van der Waals surface area contributed by atoms with Gasteiger partial charge in [0.1, 0.15) is 6.61 Å². The predicted octanol–water partition coefficient (Wildman–Crippen LogP) is 2.77. The minimum atomic E-state index is 0.517. The Kier molecular flexibility index (Phi) is 6.37. The first-order chi connectivity index (χ1) is 11.4. The molecule has 124 valence electrons. The van der Waals surface area contributed by atoms with Crippen molar-refractivity contribution in [3.8, 4) is 5.88 Å².